The Morgan fingerprint density at radius 2 is 2.08 bits per heavy atom. The highest BCUT2D eigenvalue weighted by Gasteiger charge is 2.23. The van der Waals surface area contributed by atoms with Gasteiger partial charge in [0.2, 0.25) is 0 Å². The predicted octanol–water partition coefficient (Wildman–Crippen LogP) is 1.60. The smallest absolute Gasteiger partial charge is 0.328 e. The van der Waals surface area contributed by atoms with Crippen molar-refractivity contribution < 1.29 is 19.1 Å². The van der Waals surface area contributed by atoms with Gasteiger partial charge in [-0.15, -0.1) is 0 Å². The number of aromatic nitrogens is 2. The minimum absolute atomic E-state index is 0.161. The first-order valence-corrected chi connectivity index (χ1v) is 7.85. The predicted molar refractivity (Wildman–Crippen MR) is 84.9 cm³/mol. The second-order valence-corrected chi connectivity index (χ2v) is 5.99. The van der Waals surface area contributed by atoms with E-state index in [2.05, 4.69) is 10.3 Å². The van der Waals surface area contributed by atoms with E-state index in [4.69, 9.17) is 5.11 Å². The second-order valence-electron chi connectivity index (χ2n) is 5.99. The molecule has 0 aliphatic heterocycles. The SMILES string of the molecule is O=C(NC(CF)C(=O)O)c1ccc2c(c1)[nH]c(=O)n2C1CCCC1. The summed E-state index contributed by atoms with van der Waals surface area (Å²) in [5.74, 6) is -2.14. The number of imidazole rings is 1. The number of benzene rings is 1. The number of hydrogen-bond acceptors (Lipinski definition) is 3. The van der Waals surface area contributed by atoms with Crippen LogP contribution in [0.25, 0.3) is 11.0 Å². The summed E-state index contributed by atoms with van der Waals surface area (Å²) >= 11 is 0. The van der Waals surface area contributed by atoms with E-state index < -0.39 is 24.6 Å². The largest absolute Gasteiger partial charge is 0.480 e. The van der Waals surface area contributed by atoms with E-state index in [1.807, 2.05) is 0 Å². The molecule has 1 fully saturated rings. The Morgan fingerprint density at radius 3 is 2.71 bits per heavy atom. The van der Waals surface area contributed by atoms with Crippen LogP contribution in [0.5, 0.6) is 0 Å². The van der Waals surface area contributed by atoms with Gasteiger partial charge in [0.25, 0.3) is 5.91 Å². The topological polar surface area (TPSA) is 104 Å². The number of carboxylic acids is 1. The summed E-state index contributed by atoms with van der Waals surface area (Å²) in [7, 11) is 0. The number of nitrogens with one attached hydrogen (secondary N) is 2. The van der Waals surface area contributed by atoms with Gasteiger partial charge in [-0.05, 0) is 31.0 Å². The molecule has 1 amide bonds. The molecule has 24 heavy (non-hydrogen) atoms. The highest BCUT2D eigenvalue weighted by atomic mass is 19.1. The number of rotatable bonds is 5. The molecule has 1 unspecified atom stereocenters. The maximum Gasteiger partial charge on any atom is 0.328 e. The molecule has 2 aromatic rings. The van der Waals surface area contributed by atoms with Crippen LogP contribution in [0.15, 0.2) is 23.0 Å². The fraction of sp³-hybridized carbons (Fsp3) is 0.438. The highest BCUT2D eigenvalue weighted by molar-refractivity contribution is 5.99. The third-order valence-electron chi connectivity index (χ3n) is 4.43. The van der Waals surface area contributed by atoms with E-state index in [1.54, 1.807) is 10.6 Å². The Hall–Kier alpha value is -2.64. The van der Waals surface area contributed by atoms with E-state index in [0.717, 1.165) is 25.7 Å². The molecule has 1 aliphatic rings. The van der Waals surface area contributed by atoms with Crippen molar-refractivity contribution in [1.29, 1.82) is 0 Å². The molecule has 0 radical (unpaired) electrons. The Morgan fingerprint density at radius 1 is 1.38 bits per heavy atom. The molecular formula is C16H18FN3O4. The summed E-state index contributed by atoms with van der Waals surface area (Å²) in [6.07, 6.45) is 4.08. The molecule has 0 saturated heterocycles. The zero-order valence-electron chi connectivity index (χ0n) is 12.9. The Labute approximate surface area is 136 Å². The number of carbonyl (C=O) groups excluding carboxylic acids is 1. The van der Waals surface area contributed by atoms with Crippen molar-refractivity contribution in [2.45, 2.75) is 37.8 Å². The van der Waals surface area contributed by atoms with Gasteiger partial charge >= 0.3 is 11.7 Å². The van der Waals surface area contributed by atoms with Crippen LogP contribution in [0.3, 0.4) is 0 Å². The van der Waals surface area contributed by atoms with Crippen molar-refractivity contribution >= 4 is 22.9 Å². The van der Waals surface area contributed by atoms with Gasteiger partial charge in [-0.2, -0.15) is 0 Å². The quantitative estimate of drug-likeness (QED) is 0.772. The number of alkyl halides is 1. The molecule has 8 heteroatoms. The molecule has 0 spiro atoms. The second kappa shape index (κ2) is 6.46. The van der Waals surface area contributed by atoms with Crippen LogP contribution in [0.1, 0.15) is 42.1 Å². The molecule has 1 heterocycles. The van der Waals surface area contributed by atoms with Crippen LogP contribution in [-0.4, -0.2) is 39.3 Å². The minimum Gasteiger partial charge on any atom is -0.480 e. The normalized spacial score (nSPS) is 16.4. The van der Waals surface area contributed by atoms with E-state index in [-0.39, 0.29) is 17.3 Å². The molecule has 1 aromatic carbocycles. The van der Waals surface area contributed by atoms with Crippen LogP contribution < -0.4 is 11.0 Å². The number of nitrogens with zero attached hydrogens (tertiary/aromatic N) is 1. The van der Waals surface area contributed by atoms with E-state index in [1.165, 1.54) is 12.1 Å². The van der Waals surface area contributed by atoms with Gasteiger partial charge in [0, 0.05) is 11.6 Å². The fourth-order valence-electron chi connectivity index (χ4n) is 3.21. The van der Waals surface area contributed by atoms with Gasteiger partial charge in [0.1, 0.15) is 6.67 Å². The number of fused-ring (bicyclic) bond motifs is 1. The number of carboxylic acid groups (broad SMARTS) is 1. The third-order valence-corrected chi connectivity index (χ3v) is 4.43. The van der Waals surface area contributed by atoms with Crippen LogP contribution >= 0.6 is 0 Å². The number of halogens is 1. The number of hydrogen-bond donors (Lipinski definition) is 3. The molecule has 1 saturated carbocycles. The van der Waals surface area contributed by atoms with Crippen molar-refractivity contribution in [3.8, 4) is 0 Å². The van der Waals surface area contributed by atoms with E-state index in [0.29, 0.717) is 11.0 Å². The van der Waals surface area contributed by atoms with Gasteiger partial charge in [0.15, 0.2) is 6.04 Å². The molecule has 3 N–H and O–H groups in total. The summed E-state index contributed by atoms with van der Waals surface area (Å²) in [6.45, 7) is -1.20. The average Bonchev–Trinajstić information content (AvgIpc) is 3.17. The lowest BCUT2D eigenvalue weighted by Crippen LogP contribution is -2.42. The Bertz CT molecular complexity index is 835. The van der Waals surface area contributed by atoms with Gasteiger partial charge in [-0.25, -0.2) is 14.0 Å². The molecule has 3 rings (SSSR count). The van der Waals surface area contributed by atoms with Crippen LogP contribution in [0.4, 0.5) is 4.39 Å². The maximum atomic E-state index is 12.6. The Balaban J connectivity index is 1.90. The van der Waals surface area contributed by atoms with Crippen LogP contribution in [0, 0.1) is 0 Å². The molecule has 7 nitrogen and oxygen atoms in total. The molecular weight excluding hydrogens is 317 g/mol. The van der Waals surface area contributed by atoms with Crippen molar-refractivity contribution in [2.24, 2.45) is 0 Å². The van der Waals surface area contributed by atoms with Gasteiger partial charge < -0.3 is 15.4 Å². The van der Waals surface area contributed by atoms with Crippen molar-refractivity contribution in [1.82, 2.24) is 14.9 Å². The summed E-state index contributed by atoms with van der Waals surface area (Å²) in [6, 6.07) is 3.22. The van der Waals surface area contributed by atoms with Gasteiger partial charge in [-0.1, -0.05) is 12.8 Å². The molecule has 1 atom stereocenters. The lowest BCUT2D eigenvalue weighted by molar-refractivity contribution is -0.139. The summed E-state index contributed by atoms with van der Waals surface area (Å²) in [4.78, 5) is 37.8. The monoisotopic (exact) mass is 335 g/mol. The van der Waals surface area contributed by atoms with Crippen molar-refractivity contribution in [3.05, 3.63) is 34.2 Å². The molecule has 0 bridgehead atoms. The summed E-state index contributed by atoms with van der Waals surface area (Å²) < 4.78 is 14.3. The zero-order valence-corrected chi connectivity index (χ0v) is 12.9. The number of H-pyrrole nitrogens is 1. The molecule has 128 valence electrons. The fourth-order valence-corrected chi connectivity index (χ4v) is 3.21. The van der Waals surface area contributed by atoms with Crippen molar-refractivity contribution in [3.63, 3.8) is 0 Å². The lowest BCUT2D eigenvalue weighted by Gasteiger charge is -2.12. The van der Waals surface area contributed by atoms with Gasteiger partial charge in [0.05, 0.1) is 11.0 Å². The average molecular weight is 335 g/mol. The first-order valence-electron chi connectivity index (χ1n) is 7.85. The maximum absolute atomic E-state index is 12.6. The molecule has 1 aliphatic carbocycles. The standard InChI is InChI=1S/C16H18FN3O4/c17-8-12(15(22)23)18-14(21)9-5-6-13-11(7-9)19-16(24)20(13)10-3-1-2-4-10/h5-7,10,12H,1-4,8H2,(H,18,21)(H,19,24)(H,22,23). The zero-order chi connectivity index (χ0) is 17.3. The first-order chi connectivity index (χ1) is 11.5. The van der Waals surface area contributed by atoms with Crippen molar-refractivity contribution in [2.75, 3.05) is 6.67 Å². The summed E-state index contributed by atoms with van der Waals surface area (Å²) in [5, 5.41) is 10.9. The first kappa shape index (κ1) is 16.2. The number of carbonyl (C=O) groups is 2. The Kier molecular flexibility index (Phi) is 4.37. The third kappa shape index (κ3) is 2.91. The summed E-state index contributed by atoms with van der Waals surface area (Å²) in [5.41, 5.74) is 1.17. The van der Waals surface area contributed by atoms with E-state index >= 15 is 0 Å². The number of aromatic amines is 1. The van der Waals surface area contributed by atoms with Crippen LogP contribution in [0.2, 0.25) is 0 Å². The minimum atomic E-state index is -1.59. The van der Waals surface area contributed by atoms with E-state index in [9.17, 15) is 18.8 Å². The van der Waals surface area contributed by atoms with Crippen LogP contribution in [-0.2, 0) is 4.79 Å². The number of amides is 1. The lowest BCUT2D eigenvalue weighted by atomic mass is 10.1. The van der Waals surface area contributed by atoms with Gasteiger partial charge in [-0.3, -0.25) is 9.36 Å². The number of aliphatic carboxylic acids is 1. The highest BCUT2D eigenvalue weighted by Crippen LogP contribution is 2.30. The molecule has 1 aromatic heterocycles.